The van der Waals surface area contributed by atoms with Crippen molar-refractivity contribution in [2.45, 2.75) is 31.1 Å². The summed E-state index contributed by atoms with van der Waals surface area (Å²) in [4.78, 5) is 11.9. The Labute approximate surface area is 125 Å². The maximum absolute atomic E-state index is 12.2. The first kappa shape index (κ1) is 17.6. The minimum atomic E-state index is -3.54. The lowest BCUT2D eigenvalue weighted by Gasteiger charge is -2.15. The Hall–Kier alpha value is -1.44. The molecule has 0 saturated heterocycles. The molecule has 0 spiro atoms. The molecule has 0 heterocycles. The molecule has 0 fully saturated rings. The van der Waals surface area contributed by atoms with Crippen LogP contribution in [0.1, 0.15) is 24.8 Å². The van der Waals surface area contributed by atoms with Gasteiger partial charge in [0.1, 0.15) is 0 Å². The number of rotatable bonds is 7. The van der Waals surface area contributed by atoms with Crippen LogP contribution in [-0.4, -0.2) is 44.4 Å². The topological polar surface area (TPSA) is 86.7 Å². The van der Waals surface area contributed by atoms with Gasteiger partial charge >= 0.3 is 0 Å². The molecule has 1 aromatic rings. The summed E-state index contributed by atoms with van der Waals surface area (Å²) in [6, 6.07) is 4.81. The van der Waals surface area contributed by atoms with Crippen LogP contribution in [0.4, 0.5) is 5.69 Å². The molecule has 0 bridgehead atoms. The number of aryl methyl sites for hydroxylation is 1. The molecule has 1 rings (SSSR count). The Morgan fingerprint density at radius 1 is 1.29 bits per heavy atom. The summed E-state index contributed by atoms with van der Waals surface area (Å²) in [5.74, 6) is -0.194. The highest BCUT2D eigenvalue weighted by atomic mass is 32.2. The predicted octanol–water partition coefficient (Wildman–Crippen LogP) is 1.35. The summed E-state index contributed by atoms with van der Waals surface area (Å²) in [7, 11) is -0.603. The first-order chi connectivity index (χ1) is 9.78. The Bertz CT molecular complexity index is 597. The van der Waals surface area contributed by atoms with Crippen molar-refractivity contribution in [3.05, 3.63) is 23.8 Å². The van der Waals surface area contributed by atoms with Gasteiger partial charge in [-0.25, -0.2) is 12.7 Å². The molecule has 0 aromatic heterocycles. The summed E-state index contributed by atoms with van der Waals surface area (Å²) < 4.78 is 25.5. The van der Waals surface area contributed by atoms with Crippen molar-refractivity contribution in [1.29, 1.82) is 0 Å². The van der Waals surface area contributed by atoms with Gasteiger partial charge < -0.3 is 10.4 Å². The normalized spacial score (nSPS) is 11.7. The van der Waals surface area contributed by atoms with Gasteiger partial charge in [0.05, 0.1) is 4.90 Å². The number of unbranched alkanes of at least 4 members (excludes halogenated alkanes) is 1. The van der Waals surface area contributed by atoms with E-state index in [2.05, 4.69) is 5.32 Å². The van der Waals surface area contributed by atoms with Crippen molar-refractivity contribution in [2.24, 2.45) is 0 Å². The first-order valence-corrected chi connectivity index (χ1v) is 8.17. The van der Waals surface area contributed by atoms with Gasteiger partial charge in [0.25, 0.3) is 0 Å². The number of carbonyl (C=O) groups excluding carboxylic acids is 1. The van der Waals surface area contributed by atoms with Gasteiger partial charge in [0.2, 0.25) is 15.9 Å². The van der Waals surface area contributed by atoms with E-state index in [1.165, 1.54) is 20.2 Å². The second-order valence-corrected chi connectivity index (χ2v) is 7.12. The molecule has 21 heavy (non-hydrogen) atoms. The Kier molecular flexibility index (Phi) is 6.32. The van der Waals surface area contributed by atoms with Crippen molar-refractivity contribution < 1.29 is 18.3 Å². The van der Waals surface area contributed by atoms with Crippen LogP contribution in [0.15, 0.2) is 23.1 Å². The monoisotopic (exact) mass is 314 g/mol. The van der Waals surface area contributed by atoms with Gasteiger partial charge in [-0.05, 0) is 37.5 Å². The quantitative estimate of drug-likeness (QED) is 0.744. The molecule has 0 aliphatic rings. The summed E-state index contributed by atoms with van der Waals surface area (Å²) in [5, 5.41) is 11.4. The van der Waals surface area contributed by atoms with Gasteiger partial charge in [-0.15, -0.1) is 0 Å². The number of benzene rings is 1. The van der Waals surface area contributed by atoms with Crippen LogP contribution in [0, 0.1) is 6.92 Å². The fourth-order valence-electron chi connectivity index (χ4n) is 1.77. The maximum Gasteiger partial charge on any atom is 0.242 e. The average Bonchev–Trinajstić information content (AvgIpc) is 2.41. The fraction of sp³-hybridized carbons (Fsp3) is 0.500. The lowest BCUT2D eigenvalue weighted by atomic mass is 10.2. The van der Waals surface area contributed by atoms with E-state index in [-0.39, 0.29) is 17.4 Å². The zero-order valence-corrected chi connectivity index (χ0v) is 13.4. The minimum Gasteiger partial charge on any atom is -0.396 e. The zero-order chi connectivity index (χ0) is 16.0. The highest BCUT2D eigenvalue weighted by Gasteiger charge is 2.20. The van der Waals surface area contributed by atoms with E-state index < -0.39 is 10.0 Å². The molecule has 1 aromatic carbocycles. The molecule has 0 unspecified atom stereocenters. The lowest BCUT2D eigenvalue weighted by Crippen LogP contribution is -2.23. The Morgan fingerprint density at radius 2 is 1.95 bits per heavy atom. The zero-order valence-electron chi connectivity index (χ0n) is 12.6. The van der Waals surface area contributed by atoms with Crippen LogP contribution in [-0.2, 0) is 14.8 Å². The number of sulfonamides is 1. The van der Waals surface area contributed by atoms with Gasteiger partial charge in [-0.1, -0.05) is 6.07 Å². The smallest absolute Gasteiger partial charge is 0.242 e. The molecule has 0 aliphatic heterocycles. The maximum atomic E-state index is 12.2. The van der Waals surface area contributed by atoms with Crippen molar-refractivity contribution in [3.8, 4) is 0 Å². The predicted molar refractivity (Wildman–Crippen MR) is 81.6 cm³/mol. The molecular weight excluding hydrogens is 292 g/mol. The number of nitrogens with zero attached hydrogens (tertiary/aromatic N) is 1. The van der Waals surface area contributed by atoms with Crippen LogP contribution < -0.4 is 5.32 Å². The van der Waals surface area contributed by atoms with E-state index in [1.54, 1.807) is 19.1 Å². The average molecular weight is 314 g/mol. The third-order valence-corrected chi connectivity index (χ3v) is 5.00. The van der Waals surface area contributed by atoms with Crippen LogP contribution in [0.3, 0.4) is 0 Å². The summed E-state index contributed by atoms with van der Waals surface area (Å²) in [5.41, 5.74) is 1.08. The number of nitrogens with one attached hydrogen (secondary N) is 1. The number of hydrogen-bond donors (Lipinski definition) is 2. The highest BCUT2D eigenvalue weighted by Crippen LogP contribution is 2.22. The number of anilines is 1. The Balaban J connectivity index is 2.90. The van der Waals surface area contributed by atoms with Crippen molar-refractivity contribution in [1.82, 2.24) is 4.31 Å². The third kappa shape index (κ3) is 4.80. The molecule has 2 N–H and O–H groups in total. The largest absolute Gasteiger partial charge is 0.396 e. The molecule has 6 nitrogen and oxygen atoms in total. The van der Waals surface area contributed by atoms with E-state index in [1.807, 2.05) is 0 Å². The second kappa shape index (κ2) is 7.53. The molecule has 0 atom stereocenters. The molecule has 7 heteroatoms. The number of aliphatic hydroxyl groups excluding tert-OH is 1. The first-order valence-electron chi connectivity index (χ1n) is 6.73. The third-order valence-electron chi connectivity index (χ3n) is 3.04. The van der Waals surface area contributed by atoms with E-state index >= 15 is 0 Å². The van der Waals surface area contributed by atoms with E-state index in [0.29, 0.717) is 30.5 Å². The van der Waals surface area contributed by atoms with Gasteiger partial charge in [-0.2, -0.15) is 0 Å². The van der Waals surface area contributed by atoms with Gasteiger partial charge in [0.15, 0.2) is 0 Å². The lowest BCUT2D eigenvalue weighted by molar-refractivity contribution is -0.116. The van der Waals surface area contributed by atoms with E-state index in [0.717, 1.165) is 4.31 Å². The molecule has 0 aliphatic carbocycles. The van der Waals surface area contributed by atoms with Crippen LogP contribution in [0.25, 0.3) is 0 Å². The molecule has 0 radical (unpaired) electrons. The second-order valence-electron chi connectivity index (χ2n) is 5.00. The number of hydrogen-bond acceptors (Lipinski definition) is 4. The SMILES string of the molecule is Cc1ccc(NC(=O)CCCCO)cc1S(=O)(=O)N(C)C. The van der Waals surface area contributed by atoms with Crippen LogP contribution >= 0.6 is 0 Å². The van der Waals surface area contributed by atoms with Gasteiger partial charge in [-0.3, -0.25) is 4.79 Å². The molecule has 1 amide bonds. The molecular formula is C14H22N2O4S. The number of aliphatic hydroxyl groups is 1. The van der Waals surface area contributed by atoms with Crippen molar-refractivity contribution >= 4 is 21.6 Å². The summed E-state index contributed by atoms with van der Waals surface area (Å²) >= 11 is 0. The van der Waals surface area contributed by atoms with Crippen molar-refractivity contribution in [2.75, 3.05) is 26.0 Å². The summed E-state index contributed by atoms with van der Waals surface area (Å²) in [6.07, 6.45) is 1.46. The number of amides is 1. The summed E-state index contributed by atoms with van der Waals surface area (Å²) in [6.45, 7) is 1.77. The number of carbonyl (C=O) groups is 1. The van der Waals surface area contributed by atoms with E-state index in [4.69, 9.17) is 5.11 Å². The standard InChI is InChI=1S/C14H22N2O4S/c1-11-7-8-12(15-14(18)6-4-5-9-17)10-13(11)21(19,20)16(2)3/h7-8,10,17H,4-6,9H2,1-3H3,(H,15,18). The molecule has 118 valence electrons. The van der Waals surface area contributed by atoms with Crippen LogP contribution in [0.5, 0.6) is 0 Å². The minimum absolute atomic E-state index is 0.0586. The van der Waals surface area contributed by atoms with Crippen LogP contribution in [0.2, 0.25) is 0 Å². The fourth-order valence-corrected chi connectivity index (χ4v) is 2.92. The highest BCUT2D eigenvalue weighted by molar-refractivity contribution is 7.89. The molecule has 0 saturated carbocycles. The van der Waals surface area contributed by atoms with Gasteiger partial charge in [0, 0.05) is 32.8 Å². The van der Waals surface area contributed by atoms with E-state index in [9.17, 15) is 13.2 Å². The Morgan fingerprint density at radius 3 is 2.52 bits per heavy atom. The van der Waals surface area contributed by atoms with Crippen molar-refractivity contribution in [3.63, 3.8) is 0 Å².